The third kappa shape index (κ3) is 22.6. The lowest BCUT2D eigenvalue weighted by atomic mass is 10.0. The first-order chi connectivity index (χ1) is 35.6. The third-order valence-corrected chi connectivity index (χ3v) is 13.4. The Bertz CT molecular complexity index is 2170. The van der Waals surface area contributed by atoms with Crippen LogP contribution >= 0.6 is 35.0 Å². The van der Waals surface area contributed by atoms with E-state index in [9.17, 15) is 29.1 Å². The molecular formula is C50H68Cl2N6O14S. The van der Waals surface area contributed by atoms with Crippen LogP contribution in [-0.4, -0.2) is 170 Å². The van der Waals surface area contributed by atoms with Crippen molar-refractivity contribution in [2.45, 2.75) is 56.0 Å². The molecule has 2 aliphatic rings. The minimum absolute atomic E-state index is 0.0195. The number of thioether (sulfide) groups is 1. The van der Waals surface area contributed by atoms with Gasteiger partial charge >= 0.3 is 12.0 Å². The number of urea groups is 1. The second-order valence-corrected chi connectivity index (χ2v) is 18.6. The molecule has 20 nitrogen and oxygen atoms in total. The summed E-state index contributed by atoms with van der Waals surface area (Å²) in [6, 6.07) is 16.8. The van der Waals surface area contributed by atoms with Gasteiger partial charge in [-0.3, -0.25) is 14.4 Å². The minimum atomic E-state index is -1.09. The van der Waals surface area contributed by atoms with Gasteiger partial charge in [0.2, 0.25) is 11.8 Å². The predicted molar refractivity (Wildman–Crippen MR) is 277 cm³/mol. The second kappa shape index (κ2) is 34.5. The number of fused-ring (bicyclic) bond motifs is 1. The van der Waals surface area contributed by atoms with Gasteiger partial charge in [0, 0.05) is 54.6 Å². The lowest BCUT2D eigenvalue weighted by molar-refractivity contribution is -0.123. The van der Waals surface area contributed by atoms with Crippen LogP contribution in [0.2, 0.25) is 10.0 Å². The zero-order valence-corrected chi connectivity index (χ0v) is 43.2. The van der Waals surface area contributed by atoms with E-state index in [-0.39, 0.29) is 66.1 Å². The maximum absolute atomic E-state index is 12.6. The molecule has 3 aromatic rings. The molecular weight excluding hydrogens is 1010 g/mol. The number of carbonyl (C=O) groups excluding carboxylic acids is 4. The minimum Gasteiger partial charge on any atom is -0.489 e. The largest absolute Gasteiger partial charge is 0.489 e. The topological polar surface area (TPSA) is 252 Å². The quantitative estimate of drug-likeness (QED) is 0.0286. The van der Waals surface area contributed by atoms with E-state index in [1.54, 1.807) is 54.6 Å². The first-order valence-corrected chi connectivity index (χ1v) is 26.2. The normalized spacial score (nSPS) is 15.8. The molecule has 73 heavy (non-hydrogen) atoms. The first kappa shape index (κ1) is 58.9. The van der Waals surface area contributed by atoms with Gasteiger partial charge in [-0.05, 0) is 55.3 Å². The van der Waals surface area contributed by atoms with Gasteiger partial charge in [0.1, 0.15) is 12.4 Å². The summed E-state index contributed by atoms with van der Waals surface area (Å²) in [6.45, 7) is 6.43. The van der Waals surface area contributed by atoms with Crippen molar-refractivity contribution in [1.29, 1.82) is 0 Å². The van der Waals surface area contributed by atoms with Crippen LogP contribution in [-0.2, 0) is 49.4 Å². The number of ether oxygens (including phenoxy) is 8. The molecule has 5 rings (SSSR count). The van der Waals surface area contributed by atoms with Crippen LogP contribution in [0.25, 0.3) is 0 Å². The molecule has 5 amide bonds. The Kier molecular flexibility index (Phi) is 27.9. The van der Waals surface area contributed by atoms with Crippen molar-refractivity contribution in [1.82, 2.24) is 26.6 Å². The number of nitrogens with one attached hydrogen (secondary N) is 6. The van der Waals surface area contributed by atoms with Crippen LogP contribution < -0.4 is 36.6 Å². The van der Waals surface area contributed by atoms with Crippen molar-refractivity contribution in [2.24, 2.45) is 0 Å². The zero-order valence-electron chi connectivity index (χ0n) is 40.9. The number of amides is 5. The molecule has 2 fully saturated rings. The average Bonchev–Trinajstić information content (AvgIpc) is 3.95. The molecule has 0 aliphatic carbocycles. The number of para-hydroxylation sites is 1. The summed E-state index contributed by atoms with van der Waals surface area (Å²) in [7, 11) is 0. The fourth-order valence-corrected chi connectivity index (χ4v) is 9.45. The van der Waals surface area contributed by atoms with Gasteiger partial charge in [-0.2, -0.15) is 11.8 Å². The SMILES string of the molecule is O=C(CCCC[C@@H]1SC[C@@H]2NC(=O)N[C@@H]21)NCCOCCOCCOCCOCCC(=O)NCCOCCOCCOCCNC(=O)c1ccc(OCc2ccc(Cl)c(Nc3ccccc3C(=O)O)c2Cl)cc1. The summed E-state index contributed by atoms with van der Waals surface area (Å²) in [5, 5.41) is 28.0. The molecule has 2 aliphatic heterocycles. The van der Waals surface area contributed by atoms with Crippen LogP contribution in [0.15, 0.2) is 60.7 Å². The number of carboxylic acid groups (broad SMARTS) is 1. The number of carbonyl (C=O) groups is 5. The molecule has 0 unspecified atom stereocenters. The molecule has 3 atom stereocenters. The van der Waals surface area contributed by atoms with E-state index in [2.05, 4.69) is 31.9 Å². The maximum atomic E-state index is 12.6. The van der Waals surface area contributed by atoms with Gasteiger partial charge in [0.05, 0.1) is 132 Å². The smallest absolute Gasteiger partial charge is 0.337 e. The Labute approximate surface area is 440 Å². The van der Waals surface area contributed by atoms with Crippen LogP contribution in [0.5, 0.6) is 5.75 Å². The molecule has 0 spiro atoms. The summed E-state index contributed by atoms with van der Waals surface area (Å²) in [4.78, 5) is 59.9. The zero-order chi connectivity index (χ0) is 51.9. The summed E-state index contributed by atoms with van der Waals surface area (Å²) in [6.07, 6.45) is 3.48. The molecule has 23 heteroatoms. The molecule has 2 saturated heterocycles. The number of carboxylic acids is 1. The fraction of sp³-hybridized carbons (Fsp3) is 0.540. The molecule has 402 valence electrons. The first-order valence-electron chi connectivity index (χ1n) is 24.4. The Morgan fingerprint density at radius 1 is 0.644 bits per heavy atom. The van der Waals surface area contributed by atoms with Crippen LogP contribution in [0.4, 0.5) is 16.2 Å². The lowest BCUT2D eigenvalue weighted by Crippen LogP contribution is -2.36. The number of anilines is 2. The fourth-order valence-electron chi connectivity index (χ4n) is 7.38. The Morgan fingerprint density at radius 3 is 1.82 bits per heavy atom. The van der Waals surface area contributed by atoms with Crippen molar-refractivity contribution in [2.75, 3.05) is 123 Å². The Morgan fingerprint density at radius 2 is 1.21 bits per heavy atom. The van der Waals surface area contributed by atoms with Crippen LogP contribution in [0.1, 0.15) is 58.4 Å². The highest BCUT2D eigenvalue weighted by Crippen LogP contribution is 2.37. The molecule has 7 N–H and O–H groups in total. The number of benzene rings is 3. The summed E-state index contributed by atoms with van der Waals surface area (Å²) in [5.41, 5.74) is 1.84. The van der Waals surface area contributed by atoms with Crippen LogP contribution in [0.3, 0.4) is 0 Å². The van der Waals surface area contributed by atoms with Gasteiger partial charge in [-0.25, -0.2) is 9.59 Å². The van der Waals surface area contributed by atoms with E-state index in [1.807, 2.05) is 11.8 Å². The van der Waals surface area contributed by atoms with Gasteiger partial charge in [-0.1, -0.05) is 47.8 Å². The van der Waals surface area contributed by atoms with Gasteiger partial charge in [-0.15, -0.1) is 0 Å². The van der Waals surface area contributed by atoms with Crippen LogP contribution in [0, 0.1) is 0 Å². The van der Waals surface area contributed by atoms with Crippen molar-refractivity contribution >= 4 is 76.1 Å². The highest BCUT2D eigenvalue weighted by atomic mass is 35.5. The van der Waals surface area contributed by atoms with Crippen molar-refractivity contribution in [3.8, 4) is 5.75 Å². The van der Waals surface area contributed by atoms with E-state index in [1.165, 1.54) is 6.07 Å². The van der Waals surface area contributed by atoms with Gasteiger partial charge in [0.25, 0.3) is 5.91 Å². The Hall–Kier alpha value is -4.94. The third-order valence-electron chi connectivity index (χ3n) is 11.2. The highest BCUT2D eigenvalue weighted by molar-refractivity contribution is 8.00. The summed E-state index contributed by atoms with van der Waals surface area (Å²) in [5.74, 6) is -0.0138. The number of rotatable bonds is 39. The maximum Gasteiger partial charge on any atom is 0.337 e. The van der Waals surface area contributed by atoms with E-state index in [4.69, 9.17) is 61.1 Å². The summed E-state index contributed by atoms with van der Waals surface area (Å²) < 4.78 is 44.4. The number of unbranched alkanes of at least 4 members (excludes halogenated alkanes) is 1. The van der Waals surface area contributed by atoms with E-state index < -0.39 is 5.97 Å². The molecule has 0 saturated carbocycles. The van der Waals surface area contributed by atoms with E-state index in [0.29, 0.717) is 150 Å². The number of aromatic carboxylic acids is 1. The monoisotopic (exact) mass is 1080 g/mol. The lowest BCUT2D eigenvalue weighted by Gasteiger charge is -2.16. The van der Waals surface area contributed by atoms with E-state index in [0.717, 1.165) is 25.0 Å². The van der Waals surface area contributed by atoms with Gasteiger partial charge < -0.3 is 74.9 Å². The molecule has 0 radical (unpaired) electrons. The Balaban J connectivity index is 0.730. The second-order valence-electron chi connectivity index (χ2n) is 16.5. The van der Waals surface area contributed by atoms with Gasteiger partial charge in [0.15, 0.2) is 0 Å². The standard InChI is InChI=1S/C50H68Cl2N6O14S/c51-39-14-11-36(45(52)46(39)56-40-6-2-1-5-38(40)49(62)63)33-72-37-12-9-35(10-13-37)48(61)55-18-22-68-26-30-70-28-24-67-21-17-54-44(60)15-19-65-23-27-69-31-32-71-29-25-66-20-16-53-43(59)8-4-3-7-42-47-41(34-73-42)57-50(64)58-47/h1-2,5-6,9-14,41-42,47,56H,3-4,7-8,15-34H2,(H,53,59)(H,54,60)(H,55,61)(H,62,63)(H2,57,58,64)/t41-,42-,47-/m0/s1. The predicted octanol–water partition coefficient (Wildman–Crippen LogP) is 5.21. The number of halogens is 2. The summed E-state index contributed by atoms with van der Waals surface area (Å²) >= 11 is 14.9. The molecule has 2 heterocycles. The molecule has 0 aromatic heterocycles. The van der Waals surface area contributed by atoms with Crippen molar-refractivity contribution in [3.05, 3.63) is 87.4 Å². The number of hydrogen-bond donors (Lipinski definition) is 7. The average molecular weight is 1080 g/mol. The molecule has 3 aromatic carbocycles. The molecule has 0 bridgehead atoms. The number of hydrogen-bond acceptors (Lipinski definition) is 15. The highest BCUT2D eigenvalue weighted by Gasteiger charge is 2.42. The van der Waals surface area contributed by atoms with Crippen molar-refractivity contribution in [3.63, 3.8) is 0 Å². The van der Waals surface area contributed by atoms with Crippen molar-refractivity contribution < 1.29 is 67.0 Å². The van der Waals surface area contributed by atoms with E-state index >= 15 is 0 Å².